The van der Waals surface area contributed by atoms with E-state index in [1.165, 1.54) is 51.4 Å². The average Bonchev–Trinajstić information content (AvgIpc) is 2.71. The molecule has 2 rings (SSSR count). The second-order valence-electron chi connectivity index (χ2n) is 8.29. The first-order valence-corrected chi connectivity index (χ1v) is 11.7. The summed E-state index contributed by atoms with van der Waals surface area (Å²) in [5.41, 5.74) is 3.93. The van der Waals surface area contributed by atoms with Crippen molar-refractivity contribution in [3.63, 3.8) is 0 Å². The van der Waals surface area contributed by atoms with Gasteiger partial charge < -0.3 is 10.2 Å². The molecule has 2 aromatic rings. The number of hydrogen-bond donors (Lipinski definition) is 0. The third kappa shape index (κ3) is 9.20. The van der Waals surface area contributed by atoms with Crippen LogP contribution in [-0.4, -0.2) is 37.7 Å². The molecule has 0 saturated carbocycles. The van der Waals surface area contributed by atoms with E-state index in [1.54, 1.807) is 12.1 Å². The van der Waals surface area contributed by atoms with Crippen molar-refractivity contribution in [3.8, 4) is 11.5 Å². The van der Waals surface area contributed by atoms with Crippen LogP contribution in [-0.2, 0) is 19.3 Å². The predicted octanol–water partition coefficient (Wildman–Crippen LogP) is 6.07. The van der Waals surface area contributed by atoms with Crippen molar-refractivity contribution in [1.82, 2.24) is 0 Å². The molecule has 0 aliphatic carbocycles. The quantitative estimate of drug-likeness (QED) is 0.268. The largest absolute Gasteiger partial charge is 2.00 e. The van der Waals surface area contributed by atoms with Gasteiger partial charge in [-0.15, -0.1) is 11.5 Å². The van der Waals surface area contributed by atoms with Gasteiger partial charge in [-0.05, 0) is 54.4 Å². The molecule has 0 aliphatic heterocycles. The SMILES string of the molecule is CCCCCCCc1cccc([O-])c1Cc1c([O-])cccc1CCCCCCC.[Ca+2]. The molecular formula is C27H38CaO2. The van der Waals surface area contributed by atoms with Crippen molar-refractivity contribution in [1.29, 1.82) is 0 Å². The summed E-state index contributed by atoms with van der Waals surface area (Å²) < 4.78 is 0. The van der Waals surface area contributed by atoms with Crippen LogP contribution in [0.2, 0.25) is 0 Å². The van der Waals surface area contributed by atoms with Crippen LogP contribution in [0.25, 0.3) is 0 Å². The van der Waals surface area contributed by atoms with Crippen molar-refractivity contribution in [2.24, 2.45) is 0 Å². The van der Waals surface area contributed by atoms with Crippen molar-refractivity contribution in [2.75, 3.05) is 0 Å². The molecule has 30 heavy (non-hydrogen) atoms. The Kier molecular flexibility index (Phi) is 14.6. The normalized spacial score (nSPS) is 10.7. The summed E-state index contributed by atoms with van der Waals surface area (Å²) in [6.45, 7) is 4.45. The van der Waals surface area contributed by atoms with Gasteiger partial charge in [0.05, 0.1) is 0 Å². The Bertz CT molecular complexity index is 665. The van der Waals surface area contributed by atoms with E-state index in [0.29, 0.717) is 6.42 Å². The fourth-order valence-electron chi connectivity index (χ4n) is 4.11. The van der Waals surface area contributed by atoms with Gasteiger partial charge in [0, 0.05) is 0 Å². The third-order valence-electron chi connectivity index (χ3n) is 5.91. The summed E-state index contributed by atoms with van der Waals surface area (Å²) in [5, 5.41) is 25.3. The van der Waals surface area contributed by atoms with Gasteiger partial charge in [0.15, 0.2) is 0 Å². The molecule has 0 atom stereocenters. The maximum absolute atomic E-state index is 12.6. The van der Waals surface area contributed by atoms with E-state index in [1.807, 2.05) is 12.1 Å². The van der Waals surface area contributed by atoms with Crippen LogP contribution in [0.4, 0.5) is 0 Å². The third-order valence-corrected chi connectivity index (χ3v) is 5.91. The van der Waals surface area contributed by atoms with Crippen LogP contribution in [0.5, 0.6) is 11.5 Å². The van der Waals surface area contributed by atoms with Crippen LogP contribution in [0.1, 0.15) is 100 Å². The Morgan fingerprint density at radius 1 is 0.567 bits per heavy atom. The second kappa shape index (κ2) is 16.0. The number of rotatable bonds is 14. The molecule has 0 spiro atoms. The van der Waals surface area contributed by atoms with E-state index in [9.17, 15) is 10.2 Å². The Hall–Kier alpha value is -0.700. The zero-order valence-electron chi connectivity index (χ0n) is 19.2. The van der Waals surface area contributed by atoms with Gasteiger partial charge in [-0.1, -0.05) is 102 Å². The summed E-state index contributed by atoms with van der Waals surface area (Å²) in [6.07, 6.45) is 14.5. The Morgan fingerprint density at radius 2 is 0.967 bits per heavy atom. The Balaban J connectivity index is 0.00000450. The zero-order chi connectivity index (χ0) is 20.9. The van der Waals surface area contributed by atoms with E-state index >= 15 is 0 Å². The molecule has 2 nitrogen and oxygen atoms in total. The summed E-state index contributed by atoms with van der Waals surface area (Å²) in [7, 11) is 0. The zero-order valence-corrected chi connectivity index (χ0v) is 21.4. The van der Waals surface area contributed by atoms with Gasteiger partial charge >= 0.3 is 37.7 Å². The summed E-state index contributed by atoms with van der Waals surface area (Å²) >= 11 is 0. The maximum Gasteiger partial charge on any atom is 2.00 e. The van der Waals surface area contributed by atoms with Crippen LogP contribution in [0.3, 0.4) is 0 Å². The summed E-state index contributed by atoms with van der Waals surface area (Å²) in [4.78, 5) is 0. The van der Waals surface area contributed by atoms with Crippen LogP contribution < -0.4 is 10.2 Å². The molecule has 0 saturated heterocycles. The topological polar surface area (TPSA) is 46.1 Å². The smallest absolute Gasteiger partial charge is 0.872 e. The van der Waals surface area contributed by atoms with Gasteiger partial charge in [0.2, 0.25) is 0 Å². The molecule has 0 fully saturated rings. The van der Waals surface area contributed by atoms with E-state index in [0.717, 1.165) is 47.9 Å². The van der Waals surface area contributed by atoms with E-state index < -0.39 is 0 Å². The Morgan fingerprint density at radius 3 is 1.37 bits per heavy atom. The van der Waals surface area contributed by atoms with E-state index in [2.05, 4.69) is 26.0 Å². The number of hydrogen-bond acceptors (Lipinski definition) is 2. The molecule has 0 heterocycles. The minimum absolute atomic E-state index is 0. The van der Waals surface area contributed by atoms with Gasteiger partial charge in [-0.25, -0.2) is 0 Å². The first-order chi connectivity index (χ1) is 14.2. The van der Waals surface area contributed by atoms with Gasteiger partial charge in [0.25, 0.3) is 0 Å². The van der Waals surface area contributed by atoms with E-state index in [4.69, 9.17) is 0 Å². The number of unbranched alkanes of at least 4 members (excludes halogenated alkanes) is 8. The van der Waals surface area contributed by atoms with Crippen LogP contribution in [0, 0.1) is 0 Å². The molecule has 2 aromatic carbocycles. The first-order valence-electron chi connectivity index (χ1n) is 11.7. The number of aryl methyl sites for hydroxylation is 2. The van der Waals surface area contributed by atoms with Crippen molar-refractivity contribution < 1.29 is 10.2 Å². The molecule has 160 valence electrons. The molecule has 0 bridgehead atoms. The summed E-state index contributed by atoms with van der Waals surface area (Å²) in [5.74, 6) is 0.154. The minimum atomic E-state index is 0. The predicted molar refractivity (Wildman–Crippen MR) is 125 cm³/mol. The van der Waals surface area contributed by atoms with Gasteiger partial charge in [-0.2, -0.15) is 0 Å². The molecule has 0 aliphatic rings. The first kappa shape index (κ1) is 27.3. The van der Waals surface area contributed by atoms with Crippen molar-refractivity contribution in [3.05, 3.63) is 58.7 Å². The second-order valence-corrected chi connectivity index (χ2v) is 8.29. The summed E-state index contributed by atoms with van der Waals surface area (Å²) in [6, 6.07) is 11.2. The van der Waals surface area contributed by atoms with Gasteiger partial charge in [-0.3, -0.25) is 0 Å². The molecule has 0 unspecified atom stereocenters. The van der Waals surface area contributed by atoms with Crippen molar-refractivity contribution in [2.45, 2.75) is 97.3 Å². The fraction of sp³-hybridized carbons (Fsp3) is 0.556. The van der Waals surface area contributed by atoms with Gasteiger partial charge in [0.1, 0.15) is 0 Å². The fourth-order valence-corrected chi connectivity index (χ4v) is 4.11. The standard InChI is InChI=1S/C27H40O2.Ca/c1-3-5-7-9-11-15-22-17-13-19-26(28)24(22)21-25-23(18-14-20-27(25)29)16-12-10-8-6-4-2;/h13-14,17-20,28-29H,3-12,15-16,21H2,1-2H3;/q;+2/p-2. The van der Waals surface area contributed by atoms with E-state index in [-0.39, 0.29) is 49.2 Å². The van der Waals surface area contributed by atoms with Crippen LogP contribution >= 0.6 is 0 Å². The average molecular weight is 435 g/mol. The molecule has 0 aromatic heterocycles. The monoisotopic (exact) mass is 434 g/mol. The van der Waals surface area contributed by atoms with Crippen molar-refractivity contribution >= 4 is 37.7 Å². The molecule has 0 amide bonds. The molecule has 3 heteroatoms. The minimum Gasteiger partial charge on any atom is -0.872 e. The van der Waals surface area contributed by atoms with Crippen LogP contribution in [0.15, 0.2) is 36.4 Å². The molecule has 0 N–H and O–H groups in total. The molecule has 0 radical (unpaired) electrons. The number of benzene rings is 2. The Labute approximate surface area is 214 Å². The molecular weight excluding hydrogens is 396 g/mol. The maximum atomic E-state index is 12.6.